The highest BCUT2D eigenvalue weighted by atomic mass is 79.9. The molecule has 0 unspecified atom stereocenters. The number of benzene rings is 2. The molecule has 0 radical (unpaired) electrons. The number of nitro groups is 1. The fourth-order valence-electron chi connectivity index (χ4n) is 3.15. The number of hydrogen-bond acceptors (Lipinski definition) is 8. The summed E-state index contributed by atoms with van der Waals surface area (Å²) in [7, 11) is 0. The quantitative estimate of drug-likeness (QED) is 0.166. The van der Waals surface area contributed by atoms with E-state index in [-0.39, 0.29) is 23.6 Å². The molecule has 0 aliphatic heterocycles. The Morgan fingerprint density at radius 1 is 1.26 bits per heavy atom. The maximum atomic E-state index is 13.1. The van der Waals surface area contributed by atoms with E-state index in [4.69, 9.17) is 9.47 Å². The minimum absolute atomic E-state index is 0.0757. The van der Waals surface area contributed by atoms with E-state index in [0.29, 0.717) is 28.7 Å². The van der Waals surface area contributed by atoms with Gasteiger partial charge < -0.3 is 9.47 Å². The average Bonchev–Trinajstić information content (AvgIpc) is 2.81. The van der Waals surface area contributed by atoms with Gasteiger partial charge in [0.2, 0.25) is 0 Å². The molecule has 0 aliphatic rings. The van der Waals surface area contributed by atoms with Gasteiger partial charge >= 0.3 is 11.7 Å². The Labute approximate surface area is 203 Å². The normalized spacial score (nSPS) is 11.1. The van der Waals surface area contributed by atoms with Crippen LogP contribution in [0.3, 0.4) is 0 Å². The molecule has 11 heteroatoms. The first kappa shape index (κ1) is 25.0. The Kier molecular flexibility index (Phi) is 8.47. The van der Waals surface area contributed by atoms with Crippen LogP contribution in [0.4, 0.5) is 5.69 Å². The van der Waals surface area contributed by atoms with Crippen LogP contribution >= 0.6 is 15.9 Å². The van der Waals surface area contributed by atoms with Gasteiger partial charge in [-0.25, -0.2) is 9.78 Å². The van der Waals surface area contributed by atoms with Gasteiger partial charge in [-0.3, -0.25) is 14.9 Å². The molecular formula is C23H23BrN4O6. The summed E-state index contributed by atoms with van der Waals surface area (Å²) in [4.78, 5) is 40.1. The number of aryl methyl sites for hydroxylation is 1. The van der Waals surface area contributed by atoms with Gasteiger partial charge in [-0.05, 0) is 43.7 Å². The Morgan fingerprint density at radius 3 is 2.76 bits per heavy atom. The van der Waals surface area contributed by atoms with E-state index in [1.54, 1.807) is 25.1 Å². The molecule has 3 aromatic rings. The monoisotopic (exact) mass is 530 g/mol. The lowest BCUT2D eigenvalue weighted by molar-refractivity contribution is -0.385. The van der Waals surface area contributed by atoms with E-state index in [1.165, 1.54) is 23.0 Å². The maximum Gasteiger partial charge on any atom is 0.344 e. The number of nitro benzene ring substituents is 1. The predicted octanol–water partition coefficient (Wildman–Crippen LogP) is 4.23. The molecule has 0 bridgehead atoms. The lowest BCUT2D eigenvalue weighted by atomic mass is 10.2. The van der Waals surface area contributed by atoms with Crippen molar-refractivity contribution in [2.24, 2.45) is 5.10 Å². The SMILES string of the molecule is CCCCc1nc2ccc(Br)cc2c(=O)n1N=Cc1ccc(OCC(=O)OCC)c([N+](=O)[O-])c1. The molecule has 0 amide bonds. The van der Waals surface area contributed by atoms with Crippen LogP contribution in [-0.2, 0) is 16.0 Å². The van der Waals surface area contributed by atoms with Crippen molar-refractivity contribution in [3.8, 4) is 5.75 Å². The highest BCUT2D eigenvalue weighted by Gasteiger charge is 2.17. The summed E-state index contributed by atoms with van der Waals surface area (Å²) < 4.78 is 12.0. The number of ether oxygens (including phenoxy) is 2. The van der Waals surface area contributed by atoms with Crippen molar-refractivity contribution in [3.63, 3.8) is 0 Å². The second-order valence-electron chi connectivity index (χ2n) is 7.23. The smallest absolute Gasteiger partial charge is 0.344 e. The van der Waals surface area contributed by atoms with Crippen LogP contribution < -0.4 is 10.3 Å². The zero-order valence-corrected chi connectivity index (χ0v) is 20.3. The summed E-state index contributed by atoms with van der Waals surface area (Å²) >= 11 is 3.37. The number of aromatic nitrogens is 2. The van der Waals surface area contributed by atoms with Crippen molar-refractivity contribution in [2.45, 2.75) is 33.1 Å². The van der Waals surface area contributed by atoms with Crippen LogP contribution in [0.1, 0.15) is 38.1 Å². The first-order valence-electron chi connectivity index (χ1n) is 10.7. The van der Waals surface area contributed by atoms with E-state index >= 15 is 0 Å². The average molecular weight is 531 g/mol. The van der Waals surface area contributed by atoms with Gasteiger partial charge in [-0.1, -0.05) is 29.3 Å². The van der Waals surface area contributed by atoms with Crippen LogP contribution in [0.15, 0.2) is 50.8 Å². The van der Waals surface area contributed by atoms with E-state index in [2.05, 4.69) is 26.0 Å². The van der Waals surface area contributed by atoms with Crippen LogP contribution in [-0.4, -0.2) is 40.0 Å². The van der Waals surface area contributed by atoms with Gasteiger partial charge in [-0.15, -0.1) is 0 Å². The topological polar surface area (TPSA) is 126 Å². The van der Waals surface area contributed by atoms with Crippen LogP contribution in [0, 0.1) is 10.1 Å². The summed E-state index contributed by atoms with van der Waals surface area (Å²) in [5, 5.41) is 16.2. The molecule has 3 rings (SSSR count). The number of carbonyl (C=O) groups is 1. The fourth-order valence-corrected chi connectivity index (χ4v) is 3.51. The molecule has 10 nitrogen and oxygen atoms in total. The number of unbranched alkanes of at least 4 members (excludes halogenated alkanes) is 1. The van der Waals surface area contributed by atoms with E-state index in [0.717, 1.165) is 17.3 Å². The van der Waals surface area contributed by atoms with Gasteiger partial charge in [0.15, 0.2) is 12.4 Å². The maximum absolute atomic E-state index is 13.1. The standard InChI is InChI=1S/C23H23BrN4O6/c1-3-5-6-21-26-18-9-8-16(24)12-17(18)23(30)27(21)25-13-15-7-10-20(19(11-15)28(31)32)34-14-22(29)33-4-2/h7-13H,3-6,14H2,1-2H3. The van der Waals surface area contributed by atoms with Gasteiger partial charge in [0.05, 0.1) is 28.6 Å². The number of halogens is 1. The Balaban J connectivity index is 1.97. The molecule has 0 N–H and O–H groups in total. The van der Waals surface area contributed by atoms with Crippen LogP contribution in [0.2, 0.25) is 0 Å². The molecule has 0 saturated heterocycles. The zero-order chi connectivity index (χ0) is 24.7. The Morgan fingerprint density at radius 2 is 2.06 bits per heavy atom. The number of rotatable bonds is 10. The largest absolute Gasteiger partial charge is 0.475 e. The first-order valence-corrected chi connectivity index (χ1v) is 11.5. The molecule has 0 spiro atoms. The van der Waals surface area contributed by atoms with E-state index in [9.17, 15) is 19.7 Å². The van der Waals surface area contributed by atoms with Crippen molar-refractivity contribution >= 4 is 44.7 Å². The highest BCUT2D eigenvalue weighted by Crippen LogP contribution is 2.27. The molecule has 1 aromatic heterocycles. The van der Waals surface area contributed by atoms with Gasteiger partial charge in [0.25, 0.3) is 5.56 Å². The lowest BCUT2D eigenvalue weighted by Gasteiger charge is -2.09. The molecule has 1 heterocycles. The molecule has 178 valence electrons. The minimum Gasteiger partial charge on any atom is -0.475 e. The molecule has 0 aliphatic carbocycles. The summed E-state index contributed by atoms with van der Waals surface area (Å²) in [6, 6.07) is 9.43. The van der Waals surface area contributed by atoms with Crippen molar-refractivity contribution in [1.29, 1.82) is 0 Å². The third-order valence-corrected chi connectivity index (χ3v) is 5.28. The molecular weight excluding hydrogens is 508 g/mol. The lowest BCUT2D eigenvalue weighted by Crippen LogP contribution is -2.22. The molecule has 0 fully saturated rings. The van der Waals surface area contributed by atoms with Gasteiger partial charge in [-0.2, -0.15) is 9.78 Å². The number of carbonyl (C=O) groups excluding carboxylic acids is 1. The minimum atomic E-state index is -0.628. The highest BCUT2D eigenvalue weighted by molar-refractivity contribution is 9.10. The summed E-state index contributed by atoms with van der Waals surface area (Å²) in [5.74, 6) is -0.202. The Bertz CT molecular complexity index is 1300. The third kappa shape index (κ3) is 6.04. The Hall–Kier alpha value is -3.60. The second-order valence-corrected chi connectivity index (χ2v) is 8.15. The molecule has 34 heavy (non-hydrogen) atoms. The third-order valence-electron chi connectivity index (χ3n) is 4.78. The first-order chi connectivity index (χ1) is 16.3. The molecule has 0 atom stereocenters. The number of fused-ring (bicyclic) bond motifs is 1. The van der Waals surface area contributed by atoms with Crippen molar-refractivity contribution in [2.75, 3.05) is 13.2 Å². The predicted molar refractivity (Wildman–Crippen MR) is 131 cm³/mol. The number of esters is 1. The summed E-state index contributed by atoms with van der Waals surface area (Å²) in [6.07, 6.45) is 3.64. The number of nitrogens with zero attached hydrogens (tertiary/aromatic N) is 4. The van der Waals surface area contributed by atoms with Crippen molar-refractivity contribution in [3.05, 3.63) is 72.7 Å². The van der Waals surface area contributed by atoms with Crippen molar-refractivity contribution in [1.82, 2.24) is 9.66 Å². The summed E-state index contributed by atoms with van der Waals surface area (Å²) in [6.45, 7) is 3.42. The fraction of sp³-hybridized carbons (Fsp3) is 0.304. The van der Waals surface area contributed by atoms with Gasteiger partial charge in [0.1, 0.15) is 5.82 Å². The molecule has 0 saturated carbocycles. The van der Waals surface area contributed by atoms with Gasteiger partial charge in [0, 0.05) is 22.5 Å². The van der Waals surface area contributed by atoms with E-state index in [1.807, 2.05) is 13.0 Å². The van der Waals surface area contributed by atoms with E-state index < -0.39 is 17.5 Å². The summed E-state index contributed by atoms with van der Waals surface area (Å²) in [5.41, 5.74) is 0.271. The van der Waals surface area contributed by atoms with Crippen molar-refractivity contribution < 1.29 is 19.2 Å². The second kappa shape index (κ2) is 11.5. The zero-order valence-electron chi connectivity index (χ0n) is 18.7. The van der Waals surface area contributed by atoms with Crippen LogP contribution in [0.5, 0.6) is 5.75 Å². The van der Waals surface area contributed by atoms with Crippen LogP contribution in [0.25, 0.3) is 10.9 Å². The molecule has 2 aromatic carbocycles. The number of hydrogen-bond donors (Lipinski definition) is 0.